The first-order chi connectivity index (χ1) is 13.7. The van der Waals surface area contributed by atoms with Crippen molar-refractivity contribution in [2.24, 2.45) is 10.9 Å². The summed E-state index contributed by atoms with van der Waals surface area (Å²) in [6, 6.07) is 4.15. The van der Waals surface area contributed by atoms with E-state index in [-0.39, 0.29) is 36.9 Å². The highest BCUT2D eigenvalue weighted by Gasteiger charge is 2.29. The summed E-state index contributed by atoms with van der Waals surface area (Å²) in [6.45, 7) is 2.32. The Hall–Kier alpha value is -2.11. The Bertz CT molecular complexity index is 1100. The van der Waals surface area contributed by atoms with E-state index in [1.54, 1.807) is 11.5 Å². The van der Waals surface area contributed by atoms with E-state index in [0.29, 0.717) is 23.1 Å². The molecule has 0 bridgehead atoms. The number of halogens is 1. The normalized spacial score (nSPS) is 17.0. The van der Waals surface area contributed by atoms with E-state index in [2.05, 4.69) is 4.99 Å². The molecule has 0 aliphatic carbocycles. The summed E-state index contributed by atoms with van der Waals surface area (Å²) in [4.78, 5) is 29.2. The molecule has 0 N–H and O–H groups in total. The first-order valence-electron chi connectivity index (χ1n) is 9.17. The number of piperidine rings is 1. The summed E-state index contributed by atoms with van der Waals surface area (Å²) in [5.74, 6) is -1.67. The van der Waals surface area contributed by atoms with Crippen molar-refractivity contribution in [1.82, 2.24) is 8.87 Å². The van der Waals surface area contributed by atoms with Gasteiger partial charge < -0.3 is 9.30 Å². The van der Waals surface area contributed by atoms with Crippen LogP contribution in [0.3, 0.4) is 0 Å². The number of fused-ring (bicyclic) bond motifs is 1. The highest BCUT2D eigenvalue weighted by atomic mass is 32.2. The summed E-state index contributed by atoms with van der Waals surface area (Å²) in [5, 5.41) is 0. The summed E-state index contributed by atoms with van der Waals surface area (Å²) in [5.41, 5.74) is 0.586. The fraction of sp³-hybridized carbons (Fsp3) is 0.500. The minimum Gasteiger partial charge on any atom is -0.465 e. The maximum absolute atomic E-state index is 13.6. The van der Waals surface area contributed by atoms with Gasteiger partial charge in [-0.3, -0.25) is 9.59 Å². The van der Waals surface area contributed by atoms with Crippen LogP contribution in [0.1, 0.15) is 19.8 Å². The largest absolute Gasteiger partial charge is 0.465 e. The van der Waals surface area contributed by atoms with Gasteiger partial charge in [0.2, 0.25) is 10.0 Å². The minimum atomic E-state index is -3.28. The second-order valence-corrected chi connectivity index (χ2v) is 9.77. The number of hydrogen-bond acceptors (Lipinski definition) is 6. The summed E-state index contributed by atoms with van der Waals surface area (Å²) < 4.78 is 45.3. The molecule has 158 valence electrons. The van der Waals surface area contributed by atoms with Crippen molar-refractivity contribution in [3.8, 4) is 0 Å². The highest BCUT2D eigenvalue weighted by Crippen LogP contribution is 2.22. The molecule has 3 rings (SSSR count). The van der Waals surface area contributed by atoms with Gasteiger partial charge in [0.05, 0.1) is 23.1 Å². The van der Waals surface area contributed by atoms with Gasteiger partial charge in [-0.25, -0.2) is 17.1 Å². The van der Waals surface area contributed by atoms with Crippen molar-refractivity contribution >= 4 is 43.5 Å². The van der Waals surface area contributed by atoms with Crippen LogP contribution in [-0.4, -0.2) is 55.1 Å². The molecule has 2 heterocycles. The second kappa shape index (κ2) is 8.72. The van der Waals surface area contributed by atoms with E-state index in [9.17, 15) is 22.4 Å². The highest BCUT2D eigenvalue weighted by molar-refractivity contribution is 7.88. The summed E-state index contributed by atoms with van der Waals surface area (Å²) in [7, 11) is -3.28. The molecule has 1 aliphatic heterocycles. The molecule has 0 atom stereocenters. The van der Waals surface area contributed by atoms with Gasteiger partial charge in [-0.15, -0.1) is 0 Å². The molecule has 1 aliphatic rings. The minimum absolute atomic E-state index is 0.141. The van der Waals surface area contributed by atoms with Gasteiger partial charge in [0.1, 0.15) is 12.4 Å². The van der Waals surface area contributed by atoms with E-state index in [4.69, 9.17) is 4.74 Å². The second-order valence-electron chi connectivity index (χ2n) is 6.77. The van der Waals surface area contributed by atoms with Crippen LogP contribution in [0.15, 0.2) is 23.2 Å². The zero-order valence-corrected chi connectivity index (χ0v) is 17.8. The number of carbonyl (C=O) groups excluding carboxylic acids is 2. The quantitative estimate of drug-likeness (QED) is 0.653. The summed E-state index contributed by atoms with van der Waals surface area (Å²) >= 11 is 1.12. The lowest BCUT2D eigenvalue weighted by atomic mass is 9.98. The topological polar surface area (TPSA) is 98.0 Å². The number of hydrogen-bond donors (Lipinski definition) is 0. The Labute approximate surface area is 171 Å². The smallest absolute Gasteiger partial charge is 0.326 e. The van der Waals surface area contributed by atoms with E-state index in [1.807, 2.05) is 0 Å². The molecule has 1 saturated heterocycles. The van der Waals surface area contributed by atoms with Gasteiger partial charge in [-0.1, -0.05) is 11.3 Å². The van der Waals surface area contributed by atoms with Crippen molar-refractivity contribution in [2.75, 3.05) is 26.0 Å². The van der Waals surface area contributed by atoms with Crippen LogP contribution in [0.4, 0.5) is 4.39 Å². The Morgan fingerprint density at radius 3 is 2.62 bits per heavy atom. The Morgan fingerprint density at radius 1 is 1.31 bits per heavy atom. The number of ether oxygens (including phenoxy) is 1. The molecule has 1 aromatic carbocycles. The molecule has 0 spiro atoms. The number of esters is 1. The maximum Gasteiger partial charge on any atom is 0.326 e. The van der Waals surface area contributed by atoms with Gasteiger partial charge in [-0.05, 0) is 38.0 Å². The van der Waals surface area contributed by atoms with Gasteiger partial charge in [0, 0.05) is 19.0 Å². The molecule has 1 fully saturated rings. The number of sulfonamides is 1. The molecule has 0 saturated carbocycles. The van der Waals surface area contributed by atoms with Crippen LogP contribution in [-0.2, 0) is 30.9 Å². The lowest BCUT2D eigenvalue weighted by Crippen LogP contribution is -2.39. The number of rotatable bonds is 5. The molecule has 11 heteroatoms. The fourth-order valence-corrected chi connectivity index (χ4v) is 5.17. The van der Waals surface area contributed by atoms with Crippen molar-refractivity contribution < 1.29 is 27.1 Å². The SMILES string of the molecule is CCOC(=O)Cn1c(=NC(=O)C2CCN(S(C)(=O)=O)CC2)sc2cc(F)ccc21. The zero-order chi connectivity index (χ0) is 21.2. The van der Waals surface area contributed by atoms with Crippen molar-refractivity contribution in [3.05, 3.63) is 28.8 Å². The Morgan fingerprint density at radius 2 is 2.00 bits per heavy atom. The Balaban J connectivity index is 1.90. The number of carbonyl (C=O) groups is 2. The van der Waals surface area contributed by atoms with Crippen molar-refractivity contribution in [2.45, 2.75) is 26.3 Å². The Kier molecular flexibility index (Phi) is 6.49. The lowest BCUT2D eigenvalue weighted by molar-refractivity contribution is -0.143. The van der Waals surface area contributed by atoms with E-state index >= 15 is 0 Å². The van der Waals surface area contributed by atoms with Crippen LogP contribution in [0.5, 0.6) is 0 Å². The van der Waals surface area contributed by atoms with Crippen LogP contribution in [0.25, 0.3) is 10.2 Å². The van der Waals surface area contributed by atoms with Crippen LogP contribution in [0.2, 0.25) is 0 Å². The molecular weight excluding hydrogens is 421 g/mol. The van der Waals surface area contributed by atoms with Crippen LogP contribution < -0.4 is 4.80 Å². The molecule has 1 amide bonds. The number of benzene rings is 1. The van der Waals surface area contributed by atoms with Crippen molar-refractivity contribution in [3.63, 3.8) is 0 Å². The predicted octanol–water partition coefficient (Wildman–Crippen LogP) is 1.50. The zero-order valence-electron chi connectivity index (χ0n) is 16.1. The van der Waals surface area contributed by atoms with Gasteiger partial charge in [0.15, 0.2) is 4.80 Å². The first kappa shape index (κ1) is 21.6. The standard InChI is InChI=1S/C18H22FN3O5S2/c1-3-27-16(23)11-22-14-5-4-13(19)10-15(14)28-18(22)20-17(24)12-6-8-21(9-7-12)29(2,25)26/h4-5,10,12H,3,6-9,11H2,1-2H3. The molecule has 8 nitrogen and oxygen atoms in total. The third-order valence-electron chi connectivity index (χ3n) is 4.72. The monoisotopic (exact) mass is 443 g/mol. The number of amides is 1. The molecule has 0 radical (unpaired) electrons. The third-order valence-corrected chi connectivity index (χ3v) is 7.06. The molecule has 2 aromatic rings. The first-order valence-corrected chi connectivity index (χ1v) is 11.8. The van der Waals surface area contributed by atoms with Gasteiger partial charge in [0.25, 0.3) is 5.91 Å². The predicted molar refractivity (Wildman–Crippen MR) is 106 cm³/mol. The van der Waals surface area contributed by atoms with Crippen molar-refractivity contribution in [1.29, 1.82) is 0 Å². The lowest BCUT2D eigenvalue weighted by Gasteiger charge is -2.28. The fourth-order valence-electron chi connectivity index (χ4n) is 3.24. The van der Waals surface area contributed by atoms with E-state index in [1.165, 1.54) is 22.5 Å². The summed E-state index contributed by atoms with van der Waals surface area (Å²) in [6.07, 6.45) is 1.91. The third kappa shape index (κ3) is 5.09. The number of thiazole rings is 1. The van der Waals surface area contributed by atoms with Gasteiger partial charge in [-0.2, -0.15) is 4.99 Å². The molecular formula is C18H22FN3O5S2. The van der Waals surface area contributed by atoms with E-state index < -0.39 is 27.7 Å². The van der Waals surface area contributed by atoms with Gasteiger partial charge >= 0.3 is 5.97 Å². The molecule has 29 heavy (non-hydrogen) atoms. The molecule has 0 unspecified atom stereocenters. The number of aromatic nitrogens is 1. The molecule has 1 aromatic heterocycles. The van der Waals surface area contributed by atoms with Crippen LogP contribution >= 0.6 is 11.3 Å². The van der Waals surface area contributed by atoms with Crippen LogP contribution in [0, 0.1) is 11.7 Å². The average molecular weight is 444 g/mol. The maximum atomic E-state index is 13.6. The number of nitrogens with zero attached hydrogens (tertiary/aromatic N) is 3. The average Bonchev–Trinajstić information content (AvgIpc) is 2.97. The van der Waals surface area contributed by atoms with E-state index in [0.717, 1.165) is 17.6 Å².